The third-order valence-electron chi connectivity index (χ3n) is 7.78. The van der Waals surface area contributed by atoms with Crippen molar-refractivity contribution in [2.45, 2.75) is 50.5 Å². The van der Waals surface area contributed by atoms with Crippen LogP contribution in [-0.4, -0.2) is 42.9 Å². The molecule has 1 spiro atoms. The molecule has 3 aliphatic rings. The van der Waals surface area contributed by atoms with Crippen molar-refractivity contribution in [3.63, 3.8) is 0 Å². The summed E-state index contributed by atoms with van der Waals surface area (Å²) in [6.07, 6.45) is 6.44. The zero-order valence-electron chi connectivity index (χ0n) is 18.7. The predicted molar refractivity (Wildman–Crippen MR) is 125 cm³/mol. The summed E-state index contributed by atoms with van der Waals surface area (Å²) in [5.74, 6) is 0.262. The number of aryl methyl sites for hydroxylation is 1. The average Bonchev–Trinajstić information content (AvgIpc) is 3.21. The van der Waals surface area contributed by atoms with E-state index in [2.05, 4.69) is 34.9 Å². The van der Waals surface area contributed by atoms with Gasteiger partial charge in [0.05, 0.1) is 5.92 Å². The van der Waals surface area contributed by atoms with Crippen LogP contribution in [0.3, 0.4) is 0 Å². The summed E-state index contributed by atoms with van der Waals surface area (Å²) in [4.78, 5) is 27.6. The number of piperidine rings is 2. The van der Waals surface area contributed by atoms with Crippen molar-refractivity contribution in [2.75, 3.05) is 26.2 Å². The van der Waals surface area contributed by atoms with Crippen molar-refractivity contribution in [1.29, 1.82) is 0 Å². The van der Waals surface area contributed by atoms with Gasteiger partial charge in [-0.05, 0) is 79.3 Å². The molecule has 5 nitrogen and oxygen atoms in total. The molecule has 2 amide bonds. The summed E-state index contributed by atoms with van der Waals surface area (Å²) in [5, 5.41) is 6.34. The minimum absolute atomic E-state index is 0.0509. The largest absolute Gasteiger partial charge is 0.352 e. The molecular weight excluding hydrogens is 398 g/mol. The second-order valence-electron chi connectivity index (χ2n) is 9.69. The third kappa shape index (κ3) is 4.18. The highest BCUT2D eigenvalue weighted by Crippen LogP contribution is 2.46. The van der Waals surface area contributed by atoms with Crippen LogP contribution in [0, 0.1) is 5.92 Å². The van der Waals surface area contributed by atoms with Gasteiger partial charge in [0, 0.05) is 31.7 Å². The lowest BCUT2D eigenvalue weighted by molar-refractivity contribution is -0.125. The molecule has 2 aliphatic heterocycles. The fourth-order valence-electron chi connectivity index (χ4n) is 5.83. The summed E-state index contributed by atoms with van der Waals surface area (Å²) in [5.41, 5.74) is 4.96. The molecule has 5 heteroatoms. The number of nitrogens with one attached hydrogen (secondary N) is 2. The number of hydrogen-bond acceptors (Lipinski definition) is 3. The molecule has 2 heterocycles. The first-order valence-electron chi connectivity index (χ1n) is 12.1. The summed E-state index contributed by atoms with van der Waals surface area (Å²) in [7, 11) is 0. The van der Waals surface area contributed by atoms with E-state index in [0.717, 1.165) is 69.4 Å². The monoisotopic (exact) mass is 431 g/mol. The maximum atomic E-state index is 13.2. The number of amides is 2. The van der Waals surface area contributed by atoms with Crippen LogP contribution in [0.4, 0.5) is 0 Å². The van der Waals surface area contributed by atoms with Crippen molar-refractivity contribution in [2.24, 2.45) is 5.92 Å². The summed E-state index contributed by atoms with van der Waals surface area (Å²) in [6.45, 7) is 3.84. The zero-order chi connectivity index (χ0) is 22.0. The molecule has 0 saturated carbocycles. The van der Waals surface area contributed by atoms with Gasteiger partial charge in [-0.2, -0.15) is 0 Å². The Hall–Kier alpha value is -2.66. The number of carbonyl (C=O) groups excluding carboxylic acids is 2. The van der Waals surface area contributed by atoms with Gasteiger partial charge < -0.3 is 15.5 Å². The highest BCUT2D eigenvalue weighted by Gasteiger charge is 2.41. The molecule has 0 aromatic heterocycles. The van der Waals surface area contributed by atoms with Crippen LogP contribution in [0.2, 0.25) is 0 Å². The topological polar surface area (TPSA) is 61.4 Å². The minimum Gasteiger partial charge on any atom is -0.352 e. The number of benzene rings is 2. The SMILES string of the molecule is O=C(NCc1cccc(C(=O)N2CCC3(CCc4ccccc43)CC2)c1)C1CCCNC1. The number of fused-ring (bicyclic) bond motifs is 2. The Balaban J connectivity index is 1.19. The van der Waals surface area contributed by atoms with Gasteiger partial charge in [0.25, 0.3) is 5.91 Å². The maximum Gasteiger partial charge on any atom is 0.253 e. The minimum atomic E-state index is 0.0509. The Morgan fingerprint density at radius 2 is 1.91 bits per heavy atom. The van der Waals surface area contributed by atoms with E-state index >= 15 is 0 Å². The lowest BCUT2D eigenvalue weighted by Crippen LogP contribution is -2.44. The first-order chi connectivity index (χ1) is 15.6. The Bertz CT molecular complexity index is 988. The van der Waals surface area contributed by atoms with E-state index in [4.69, 9.17) is 0 Å². The normalized spacial score (nSPS) is 21.9. The van der Waals surface area contributed by atoms with Crippen molar-refractivity contribution in [3.8, 4) is 0 Å². The molecule has 2 fully saturated rings. The Morgan fingerprint density at radius 1 is 1.06 bits per heavy atom. The first-order valence-corrected chi connectivity index (χ1v) is 12.1. The number of rotatable bonds is 4. The molecule has 0 bridgehead atoms. The molecular formula is C27H33N3O2. The molecule has 0 radical (unpaired) electrons. The van der Waals surface area contributed by atoms with Crippen LogP contribution in [0.15, 0.2) is 48.5 Å². The summed E-state index contributed by atoms with van der Waals surface area (Å²) >= 11 is 0. The van der Waals surface area contributed by atoms with E-state index < -0.39 is 0 Å². The highest BCUT2D eigenvalue weighted by atomic mass is 16.2. The molecule has 2 aromatic rings. The van der Waals surface area contributed by atoms with E-state index in [1.807, 2.05) is 29.2 Å². The van der Waals surface area contributed by atoms with Gasteiger partial charge in [-0.1, -0.05) is 36.4 Å². The fourth-order valence-corrected chi connectivity index (χ4v) is 5.83. The van der Waals surface area contributed by atoms with Gasteiger partial charge in [-0.15, -0.1) is 0 Å². The standard InChI is InChI=1S/C27H33N3O2/c31-25(23-8-4-14-28-19-23)29-18-20-5-3-7-22(17-20)26(32)30-15-12-27(13-16-30)11-10-21-6-1-2-9-24(21)27/h1-3,5-7,9,17,23,28H,4,8,10-16,18-19H2,(H,29,31). The number of likely N-dealkylation sites (tertiary alicyclic amines) is 1. The van der Waals surface area contributed by atoms with Gasteiger partial charge in [-0.3, -0.25) is 9.59 Å². The molecule has 2 aromatic carbocycles. The lowest BCUT2D eigenvalue weighted by atomic mass is 9.74. The molecule has 2 N–H and O–H groups in total. The Morgan fingerprint density at radius 3 is 2.72 bits per heavy atom. The molecule has 5 rings (SSSR count). The molecule has 168 valence electrons. The van der Waals surface area contributed by atoms with Gasteiger partial charge in [0.2, 0.25) is 5.91 Å². The number of carbonyl (C=O) groups is 2. The zero-order valence-corrected chi connectivity index (χ0v) is 18.7. The van der Waals surface area contributed by atoms with Crippen LogP contribution in [0.25, 0.3) is 0 Å². The maximum absolute atomic E-state index is 13.2. The third-order valence-corrected chi connectivity index (χ3v) is 7.78. The van der Waals surface area contributed by atoms with Crippen LogP contribution < -0.4 is 10.6 Å². The van der Waals surface area contributed by atoms with E-state index in [1.54, 1.807) is 0 Å². The van der Waals surface area contributed by atoms with Crippen LogP contribution >= 0.6 is 0 Å². The van der Waals surface area contributed by atoms with Crippen molar-refractivity contribution >= 4 is 11.8 Å². The second kappa shape index (κ2) is 9.07. The van der Waals surface area contributed by atoms with Gasteiger partial charge in [0.15, 0.2) is 0 Å². The summed E-state index contributed by atoms with van der Waals surface area (Å²) < 4.78 is 0. The summed E-state index contributed by atoms with van der Waals surface area (Å²) in [6, 6.07) is 16.6. The Kier molecular flexibility index (Phi) is 6.01. The van der Waals surface area contributed by atoms with Crippen molar-refractivity contribution in [1.82, 2.24) is 15.5 Å². The van der Waals surface area contributed by atoms with Gasteiger partial charge in [-0.25, -0.2) is 0 Å². The van der Waals surface area contributed by atoms with Crippen LogP contribution in [0.1, 0.15) is 59.2 Å². The fraction of sp³-hybridized carbons (Fsp3) is 0.481. The molecule has 1 unspecified atom stereocenters. The highest BCUT2D eigenvalue weighted by molar-refractivity contribution is 5.94. The lowest BCUT2D eigenvalue weighted by Gasteiger charge is -2.40. The predicted octanol–water partition coefficient (Wildman–Crippen LogP) is 3.42. The number of hydrogen-bond donors (Lipinski definition) is 2. The average molecular weight is 432 g/mol. The smallest absolute Gasteiger partial charge is 0.253 e. The van der Waals surface area contributed by atoms with E-state index in [9.17, 15) is 9.59 Å². The second-order valence-corrected chi connectivity index (χ2v) is 9.69. The van der Waals surface area contributed by atoms with Crippen molar-refractivity contribution in [3.05, 3.63) is 70.8 Å². The van der Waals surface area contributed by atoms with E-state index in [-0.39, 0.29) is 23.1 Å². The number of nitrogens with zero attached hydrogens (tertiary/aromatic N) is 1. The van der Waals surface area contributed by atoms with Crippen molar-refractivity contribution < 1.29 is 9.59 Å². The van der Waals surface area contributed by atoms with Gasteiger partial charge in [0.1, 0.15) is 0 Å². The van der Waals surface area contributed by atoms with E-state index in [1.165, 1.54) is 17.5 Å². The van der Waals surface area contributed by atoms with Gasteiger partial charge >= 0.3 is 0 Å². The molecule has 2 saturated heterocycles. The molecule has 1 aliphatic carbocycles. The van der Waals surface area contributed by atoms with Crippen LogP contribution in [-0.2, 0) is 23.2 Å². The Labute approximate surface area is 190 Å². The first kappa shape index (κ1) is 21.2. The van der Waals surface area contributed by atoms with Crippen LogP contribution in [0.5, 0.6) is 0 Å². The quantitative estimate of drug-likeness (QED) is 0.780. The molecule has 1 atom stereocenters. The van der Waals surface area contributed by atoms with E-state index in [0.29, 0.717) is 6.54 Å². The molecule has 32 heavy (non-hydrogen) atoms.